The minimum absolute atomic E-state index is 0.113. The van der Waals surface area contributed by atoms with Crippen molar-refractivity contribution in [3.05, 3.63) is 234 Å². The van der Waals surface area contributed by atoms with Crippen molar-refractivity contribution in [3.63, 3.8) is 0 Å². The molecular weight excluding hydrogens is 821 g/mol. The number of unbranched alkanes of at least 4 members (excludes halogenated alkanes) is 2. The first kappa shape index (κ1) is 42.0. The fraction of sp³-hybridized carbons (Fsp3) is 0.182. The molecule has 12 rings (SSSR count). The van der Waals surface area contributed by atoms with E-state index in [1.54, 1.807) is 0 Å². The van der Waals surface area contributed by atoms with Gasteiger partial charge in [0, 0.05) is 39.0 Å². The summed E-state index contributed by atoms with van der Waals surface area (Å²) in [6.07, 6.45) is 6.84. The summed E-state index contributed by atoms with van der Waals surface area (Å²) in [5.74, 6) is 0. The average molecular weight is 879 g/mol. The topological polar surface area (TPSA) is 6.48 Å². The van der Waals surface area contributed by atoms with E-state index >= 15 is 0 Å². The average Bonchev–Trinajstić information content (AvgIpc) is 3.62. The molecule has 1 atom stereocenters. The summed E-state index contributed by atoms with van der Waals surface area (Å²) in [6.45, 7) is 9.41. The van der Waals surface area contributed by atoms with Crippen molar-refractivity contribution in [3.8, 4) is 55.6 Å². The quantitative estimate of drug-likeness (QED) is 0.128. The molecule has 0 spiro atoms. The molecule has 2 aliphatic heterocycles. The molecular formula is C66H58N2. The van der Waals surface area contributed by atoms with E-state index in [4.69, 9.17) is 0 Å². The lowest BCUT2D eigenvalue weighted by Crippen LogP contribution is -2.35. The smallest absolute Gasteiger partial charge is 0.0891 e. The Labute approximate surface area is 403 Å². The first-order valence-corrected chi connectivity index (χ1v) is 25.0. The summed E-state index contributed by atoms with van der Waals surface area (Å²) in [6, 6.07) is 76.3. The zero-order valence-electron chi connectivity index (χ0n) is 39.8. The third-order valence-corrected chi connectivity index (χ3v) is 15.2. The Bertz CT molecular complexity index is 3330. The standard InChI is InChI=1S/C66H58N2/c1-5-7-20-44-30-34-51(35-31-44)67-61-37-33-49(46-22-12-9-13-23-46)39-55(61)56-40-50(47-24-14-10-15-25-47)41-63-64(56)65(67)57-42-54-52-28-18-19-29-58(52)66(3,4)59(54)43-62(57)68(63)60-36-32-45(21-8-6-2)38-53(60)48-26-16-11-17-27-48/h9-19,22-43,65H,5-8,20-21H2,1-4H3. The predicted octanol–water partition coefficient (Wildman–Crippen LogP) is 18.4. The Kier molecular flexibility index (Phi) is 10.5. The van der Waals surface area contributed by atoms with Crippen LogP contribution in [0.1, 0.15) is 92.8 Å². The van der Waals surface area contributed by atoms with Crippen molar-refractivity contribution in [1.29, 1.82) is 0 Å². The van der Waals surface area contributed by atoms with Crippen molar-refractivity contribution < 1.29 is 0 Å². The molecule has 0 radical (unpaired) electrons. The Morgan fingerprint density at radius 2 is 1.00 bits per heavy atom. The molecule has 0 saturated carbocycles. The maximum Gasteiger partial charge on any atom is 0.0891 e. The van der Waals surface area contributed by atoms with E-state index in [-0.39, 0.29) is 11.5 Å². The van der Waals surface area contributed by atoms with E-state index in [2.05, 4.69) is 238 Å². The summed E-state index contributed by atoms with van der Waals surface area (Å²) in [5, 5.41) is 0. The first-order chi connectivity index (χ1) is 33.4. The molecule has 0 amide bonds. The van der Waals surface area contributed by atoms with Crippen LogP contribution in [0.4, 0.5) is 28.4 Å². The Morgan fingerprint density at radius 3 is 1.71 bits per heavy atom. The van der Waals surface area contributed by atoms with Gasteiger partial charge in [-0.2, -0.15) is 0 Å². The van der Waals surface area contributed by atoms with E-state index < -0.39 is 0 Å². The van der Waals surface area contributed by atoms with Gasteiger partial charge in [-0.05, 0) is 153 Å². The number of anilines is 5. The molecule has 2 heteroatoms. The lowest BCUT2D eigenvalue weighted by atomic mass is 9.76. The third kappa shape index (κ3) is 6.92. The molecule has 2 heterocycles. The van der Waals surface area contributed by atoms with Crippen LogP contribution in [0.15, 0.2) is 200 Å². The minimum Gasteiger partial charge on any atom is -0.329 e. The molecule has 2 nitrogen and oxygen atoms in total. The number of nitrogens with zero attached hydrogens (tertiary/aromatic N) is 2. The third-order valence-electron chi connectivity index (χ3n) is 15.2. The maximum atomic E-state index is 2.68. The van der Waals surface area contributed by atoms with Gasteiger partial charge in [-0.3, -0.25) is 0 Å². The second kappa shape index (κ2) is 17.0. The zero-order chi connectivity index (χ0) is 45.9. The van der Waals surface area contributed by atoms with Crippen LogP contribution in [-0.4, -0.2) is 0 Å². The molecule has 9 aromatic carbocycles. The van der Waals surface area contributed by atoms with Gasteiger partial charge in [0.15, 0.2) is 0 Å². The fourth-order valence-corrected chi connectivity index (χ4v) is 11.7. The molecule has 0 saturated heterocycles. The molecule has 0 bridgehead atoms. The monoisotopic (exact) mass is 878 g/mol. The van der Waals surface area contributed by atoms with Gasteiger partial charge in [0.1, 0.15) is 0 Å². The summed E-state index contributed by atoms with van der Waals surface area (Å²) in [4.78, 5) is 5.35. The highest BCUT2D eigenvalue weighted by molar-refractivity contribution is 6.03. The van der Waals surface area contributed by atoms with Gasteiger partial charge in [0.25, 0.3) is 0 Å². The SMILES string of the molecule is CCCCc1ccc(N2c3ccc(-c4ccccc4)cc3-c3cc(-c4ccccc4)cc4c3C2c2cc3c(cc2N4c2ccc(CCCC)cc2-c2ccccc2)C(C)(C)c2ccccc2-3)cc1. The van der Waals surface area contributed by atoms with Crippen molar-refractivity contribution >= 4 is 28.4 Å². The van der Waals surface area contributed by atoms with Gasteiger partial charge < -0.3 is 9.80 Å². The van der Waals surface area contributed by atoms with Crippen LogP contribution in [-0.2, 0) is 18.3 Å². The van der Waals surface area contributed by atoms with Crippen molar-refractivity contribution in [1.82, 2.24) is 0 Å². The molecule has 332 valence electrons. The maximum absolute atomic E-state index is 2.68. The van der Waals surface area contributed by atoms with Crippen LogP contribution >= 0.6 is 0 Å². The molecule has 9 aromatic rings. The molecule has 0 fully saturated rings. The van der Waals surface area contributed by atoms with Gasteiger partial charge in [-0.25, -0.2) is 0 Å². The second-order valence-corrected chi connectivity index (χ2v) is 19.7. The van der Waals surface area contributed by atoms with E-state index in [1.165, 1.54) is 130 Å². The van der Waals surface area contributed by atoms with Crippen molar-refractivity contribution in [2.45, 2.75) is 77.7 Å². The predicted molar refractivity (Wildman–Crippen MR) is 288 cm³/mol. The van der Waals surface area contributed by atoms with Gasteiger partial charge in [0.05, 0.1) is 23.1 Å². The van der Waals surface area contributed by atoms with E-state index in [9.17, 15) is 0 Å². The van der Waals surface area contributed by atoms with E-state index in [1.807, 2.05) is 0 Å². The molecule has 0 N–H and O–H groups in total. The molecule has 1 aliphatic carbocycles. The number of rotatable bonds is 11. The highest BCUT2D eigenvalue weighted by atomic mass is 15.2. The number of hydrogen-bond donors (Lipinski definition) is 0. The van der Waals surface area contributed by atoms with Crippen LogP contribution in [0.5, 0.6) is 0 Å². The highest BCUT2D eigenvalue weighted by Crippen LogP contribution is 2.63. The number of benzene rings is 9. The first-order valence-electron chi connectivity index (χ1n) is 25.0. The molecule has 3 aliphatic rings. The van der Waals surface area contributed by atoms with Crippen LogP contribution in [0.3, 0.4) is 0 Å². The summed E-state index contributed by atoms with van der Waals surface area (Å²) in [5.41, 5.74) is 26.7. The molecule has 1 unspecified atom stereocenters. The second-order valence-electron chi connectivity index (χ2n) is 19.7. The Hall–Kier alpha value is -7.42. The van der Waals surface area contributed by atoms with Crippen LogP contribution < -0.4 is 9.80 Å². The van der Waals surface area contributed by atoms with E-state index in [0.29, 0.717) is 0 Å². The number of aryl methyl sites for hydroxylation is 2. The Balaban J connectivity index is 1.21. The van der Waals surface area contributed by atoms with Crippen LogP contribution in [0, 0.1) is 0 Å². The van der Waals surface area contributed by atoms with Gasteiger partial charge in [-0.15, -0.1) is 0 Å². The normalized spacial score (nSPS) is 14.7. The summed E-state index contributed by atoms with van der Waals surface area (Å²) < 4.78 is 0. The molecule has 0 aromatic heterocycles. The molecule has 68 heavy (non-hydrogen) atoms. The van der Waals surface area contributed by atoms with Crippen molar-refractivity contribution in [2.24, 2.45) is 0 Å². The van der Waals surface area contributed by atoms with Crippen LogP contribution in [0.25, 0.3) is 55.6 Å². The lowest BCUT2D eigenvalue weighted by molar-refractivity contribution is 0.659. The fourth-order valence-electron chi connectivity index (χ4n) is 11.7. The minimum atomic E-state index is -0.183. The number of hydrogen-bond acceptors (Lipinski definition) is 2. The lowest BCUT2D eigenvalue weighted by Gasteiger charge is -2.48. The summed E-state index contributed by atoms with van der Waals surface area (Å²) >= 11 is 0. The highest BCUT2D eigenvalue weighted by Gasteiger charge is 2.45. The van der Waals surface area contributed by atoms with E-state index in [0.717, 1.165) is 25.7 Å². The van der Waals surface area contributed by atoms with Crippen LogP contribution in [0.2, 0.25) is 0 Å². The van der Waals surface area contributed by atoms with Crippen molar-refractivity contribution in [2.75, 3.05) is 9.80 Å². The summed E-state index contributed by atoms with van der Waals surface area (Å²) in [7, 11) is 0. The largest absolute Gasteiger partial charge is 0.329 e. The van der Waals surface area contributed by atoms with Gasteiger partial charge in [0.2, 0.25) is 0 Å². The van der Waals surface area contributed by atoms with Gasteiger partial charge in [-0.1, -0.05) is 180 Å². The zero-order valence-corrected chi connectivity index (χ0v) is 39.8. The van der Waals surface area contributed by atoms with Gasteiger partial charge >= 0.3 is 0 Å². The Morgan fingerprint density at radius 1 is 0.397 bits per heavy atom. The number of fused-ring (bicyclic) bond motifs is 7.